The molecule has 0 aliphatic carbocycles. The van der Waals surface area contributed by atoms with Crippen LogP contribution < -0.4 is 10.6 Å². The van der Waals surface area contributed by atoms with E-state index in [9.17, 15) is 3.89 Å². The number of hydrogen-bond donors (Lipinski definition) is 2. The predicted molar refractivity (Wildman–Crippen MR) is 82.1 cm³/mol. The molecule has 0 amide bonds. The van der Waals surface area contributed by atoms with Gasteiger partial charge in [-0.15, -0.1) is 0 Å². The smallest absolute Gasteiger partial charge is 0.0812 e. The van der Waals surface area contributed by atoms with Crippen molar-refractivity contribution >= 4 is 24.1 Å². The first-order chi connectivity index (χ1) is 9.31. The fourth-order valence-electron chi connectivity index (χ4n) is 1.49. The lowest BCUT2D eigenvalue weighted by Gasteiger charge is -2.05. The van der Waals surface area contributed by atoms with Gasteiger partial charge in [-0.05, 0) is 30.7 Å². The molecule has 0 bridgehead atoms. The van der Waals surface area contributed by atoms with E-state index in [2.05, 4.69) is 22.5 Å². The van der Waals surface area contributed by atoms with Crippen LogP contribution in [0.5, 0.6) is 0 Å². The fraction of sp³-hybridized carbons (Fsp3) is 0.357. The van der Waals surface area contributed by atoms with Crippen LogP contribution in [0.3, 0.4) is 0 Å². The summed E-state index contributed by atoms with van der Waals surface area (Å²) in [6.07, 6.45) is 4.72. The van der Waals surface area contributed by atoms with Gasteiger partial charge in [0.25, 0.3) is 0 Å². The summed E-state index contributed by atoms with van der Waals surface area (Å²) in [5.41, 5.74) is 1.89. The molecule has 104 valence electrons. The van der Waals surface area contributed by atoms with Crippen molar-refractivity contribution in [2.45, 2.75) is 18.2 Å². The average Bonchev–Trinajstić information content (AvgIpc) is 2.47. The summed E-state index contributed by atoms with van der Waals surface area (Å²) in [5, 5.41) is 6.32. The minimum atomic E-state index is 0.248. The van der Waals surface area contributed by atoms with Crippen molar-refractivity contribution in [3.63, 3.8) is 0 Å². The molecule has 1 rings (SSSR count). The number of benzene rings is 1. The molecule has 1 aromatic rings. The van der Waals surface area contributed by atoms with Crippen molar-refractivity contribution in [2.75, 3.05) is 20.1 Å². The maximum Gasteiger partial charge on any atom is 0.0812 e. The Kier molecular flexibility index (Phi) is 7.93. The summed E-state index contributed by atoms with van der Waals surface area (Å²) >= 11 is 0.248. The van der Waals surface area contributed by atoms with Crippen LogP contribution in [0.4, 0.5) is 3.89 Å². The molecule has 0 saturated heterocycles. The number of nitrogens with zero attached hydrogens (tertiary/aromatic N) is 1. The first-order valence-corrected chi connectivity index (χ1v) is 7.02. The Morgan fingerprint density at radius 2 is 2.11 bits per heavy atom. The number of rotatable bonds is 8. The van der Waals surface area contributed by atoms with Crippen molar-refractivity contribution in [3.8, 4) is 0 Å². The lowest BCUT2D eigenvalue weighted by molar-refractivity contribution is 0.746. The van der Waals surface area contributed by atoms with Crippen LogP contribution in [-0.2, 0) is 0 Å². The van der Waals surface area contributed by atoms with Gasteiger partial charge < -0.3 is 10.6 Å². The zero-order valence-corrected chi connectivity index (χ0v) is 12.1. The lowest BCUT2D eigenvalue weighted by atomic mass is 10.2. The molecule has 0 aliphatic heterocycles. The van der Waals surface area contributed by atoms with E-state index >= 15 is 0 Å². The first kappa shape index (κ1) is 15.7. The maximum absolute atomic E-state index is 12.3. The van der Waals surface area contributed by atoms with E-state index in [1.807, 2.05) is 25.4 Å². The third-order valence-electron chi connectivity index (χ3n) is 2.50. The van der Waals surface area contributed by atoms with E-state index in [1.54, 1.807) is 18.3 Å². The molecule has 0 heterocycles. The maximum atomic E-state index is 12.3. The second-order valence-corrected chi connectivity index (χ2v) is 4.56. The van der Waals surface area contributed by atoms with Gasteiger partial charge in [0.15, 0.2) is 0 Å². The molecule has 3 nitrogen and oxygen atoms in total. The number of halogens is 1. The van der Waals surface area contributed by atoms with Gasteiger partial charge >= 0.3 is 0 Å². The van der Waals surface area contributed by atoms with Crippen LogP contribution in [0, 0.1) is 0 Å². The van der Waals surface area contributed by atoms with E-state index in [-0.39, 0.29) is 12.1 Å². The fourth-order valence-corrected chi connectivity index (χ4v) is 1.73. The number of nitrogens with one attached hydrogen (secondary N) is 2. The largest absolute Gasteiger partial charge is 0.386 e. The van der Waals surface area contributed by atoms with Crippen molar-refractivity contribution in [2.24, 2.45) is 4.99 Å². The van der Waals surface area contributed by atoms with Crippen LogP contribution in [0.15, 0.2) is 40.4 Å². The third kappa shape index (κ3) is 5.89. The van der Waals surface area contributed by atoms with Crippen LogP contribution in [0.1, 0.15) is 18.9 Å². The Bertz CT molecular complexity index is 415. The van der Waals surface area contributed by atoms with E-state index in [0.717, 1.165) is 30.8 Å². The van der Waals surface area contributed by atoms with Gasteiger partial charge in [-0.3, -0.25) is 4.99 Å². The number of hydrogen-bond acceptors (Lipinski definition) is 4. The molecule has 0 aliphatic rings. The zero-order chi connectivity index (χ0) is 13.9. The highest BCUT2D eigenvalue weighted by Gasteiger charge is 1.99. The van der Waals surface area contributed by atoms with Crippen molar-refractivity contribution in [1.29, 1.82) is 0 Å². The van der Waals surface area contributed by atoms with E-state index in [0.29, 0.717) is 4.90 Å². The second kappa shape index (κ2) is 9.58. The van der Waals surface area contributed by atoms with Crippen LogP contribution in [0.25, 0.3) is 5.70 Å². The molecular formula is C14H20FN3S. The van der Waals surface area contributed by atoms with Gasteiger partial charge in [0.1, 0.15) is 0 Å². The summed E-state index contributed by atoms with van der Waals surface area (Å²) in [7, 11) is 1.84. The van der Waals surface area contributed by atoms with Gasteiger partial charge in [0.2, 0.25) is 0 Å². The SMILES string of the molecule is CCCNCC=N/C=C(\NC)c1ccc(SF)cc1. The Morgan fingerprint density at radius 1 is 1.37 bits per heavy atom. The summed E-state index contributed by atoms with van der Waals surface area (Å²) in [6.45, 7) is 3.89. The quantitative estimate of drug-likeness (QED) is 0.567. The van der Waals surface area contributed by atoms with Gasteiger partial charge in [0.05, 0.1) is 24.0 Å². The Hall–Kier alpha value is -1.33. The number of aliphatic imine (C=N–C) groups is 1. The summed E-state index contributed by atoms with van der Waals surface area (Å²) in [5.74, 6) is 0. The van der Waals surface area contributed by atoms with E-state index in [4.69, 9.17) is 0 Å². The zero-order valence-electron chi connectivity index (χ0n) is 11.3. The topological polar surface area (TPSA) is 36.4 Å². The van der Waals surface area contributed by atoms with Gasteiger partial charge in [-0.25, -0.2) is 0 Å². The molecule has 0 spiro atoms. The molecule has 5 heteroatoms. The molecule has 0 atom stereocenters. The van der Waals surface area contributed by atoms with Crippen molar-refractivity contribution in [1.82, 2.24) is 10.6 Å². The molecular weight excluding hydrogens is 261 g/mol. The lowest BCUT2D eigenvalue weighted by Crippen LogP contribution is -2.16. The summed E-state index contributed by atoms with van der Waals surface area (Å²) in [4.78, 5) is 4.85. The highest BCUT2D eigenvalue weighted by molar-refractivity contribution is 7.94. The van der Waals surface area contributed by atoms with Gasteiger partial charge in [-0.1, -0.05) is 19.1 Å². The molecule has 1 aromatic carbocycles. The average molecular weight is 281 g/mol. The molecule has 0 radical (unpaired) electrons. The highest BCUT2D eigenvalue weighted by Crippen LogP contribution is 2.21. The second-order valence-electron chi connectivity index (χ2n) is 3.93. The Morgan fingerprint density at radius 3 is 2.68 bits per heavy atom. The molecule has 0 saturated carbocycles. The van der Waals surface area contributed by atoms with Crippen LogP contribution in [-0.4, -0.2) is 26.4 Å². The minimum Gasteiger partial charge on any atom is -0.386 e. The predicted octanol–water partition coefficient (Wildman–Crippen LogP) is 3.25. The Labute approximate surface area is 118 Å². The third-order valence-corrected chi connectivity index (χ3v) is 2.95. The molecule has 0 fully saturated rings. The van der Waals surface area contributed by atoms with E-state index < -0.39 is 0 Å². The Balaban J connectivity index is 2.60. The standard InChI is InChI=1S/C14H20FN3S/c1-3-8-17-9-10-18-11-14(16-2)12-4-6-13(19-15)7-5-12/h4-7,10-11,16-17H,3,8-9H2,1-2H3/b14-11-,18-10?. The normalized spacial score (nSPS) is 12.1. The summed E-state index contributed by atoms with van der Waals surface area (Å²) < 4.78 is 12.3. The molecule has 19 heavy (non-hydrogen) atoms. The van der Waals surface area contributed by atoms with Crippen LogP contribution >= 0.6 is 12.1 Å². The molecule has 0 unspecified atom stereocenters. The summed E-state index contributed by atoms with van der Waals surface area (Å²) in [6, 6.07) is 7.24. The van der Waals surface area contributed by atoms with Gasteiger partial charge in [0, 0.05) is 24.7 Å². The highest BCUT2D eigenvalue weighted by atomic mass is 32.2. The molecule has 0 aromatic heterocycles. The van der Waals surface area contributed by atoms with Crippen molar-refractivity contribution < 1.29 is 3.89 Å². The monoisotopic (exact) mass is 281 g/mol. The minimum absolute atomic E-state index is 0.248. The van der Waals surface area contributed by atoms with E-state index in [1.165, 1.54) is 0 Å². The first-order valence-electron chi connectivity index (χ1n) is 6.31. The molecule has 2 N–H and O–H groups in total. The van der Waals surface area contributed by atoms with Gasteiger partial charge in [-0.2, -0.15) is 3.89 Å². The van der Waals surface area contributed by atoms with Crippen molar-refractivity contribution in [3.05, 3.63) is 36.0 Å². The van der Waals surface area contributed by atoms with Crippen LogP contribution in [0.2, 0.25) is 0 Å².